The van der Waals surface area contributed by atoms with E-state index in [1.807, 2.05) is 35.2 Å². The highest BCUT2D eigenvalue weighted by atomic mass is 16.5. The highest BCUT2D eigenvalue weighted by Crippen LogP contribution is 2.22. The van der Waals surface area contributed by atoms with Gasteiger partial charge in [0.1, 0.15) is 12.4 Å². The summed E-state index contributed by atoms with van der Waals surface area (Å²) in [5.74, 6) is -0.224. The molecule has 4 rings (SSSR count). The molecular weight excluding hydrogens is 430 g/mol. The average Bonchev–Trinajstić information content (AvgIpc) is 2.87. The van der Waals surface area contributed by atoms with E-state index in [1.165, 1.54) is 0 Å². The summed E-state index contributed by atoms with van der Waals surface area (Å²) in [7, 11) is 0. The van der Waals surface area contributed by atoms with E-state index in [-0.39, 0.29) is 18.4 Å². The third-order valence-corrected chi connectivity index (χ3v) is 5.73. The Morgan fingerprint density at radius 2 is 1.74 bits per heavy atom. The largest absolute Gasteiger partial charge is 0.488 e. The number of carbonyl (C=O) groups excluding carboxylic acids is 3. The van der Waals surface area contributed by atoms with E-state index < -0.39 is 5.91 Å². The van der Waals surface area contributed by atoms with Crippen molar-refractivity contribution in [3.8, 4) is 5.75 Å². The summed E-state index contributed by atoms with van der Waals surface area (Å²) in [4.78, 5) is 38.3. The summed E-state index contributed by atoms with van der Waals surface area (Å²) in [5.41, 5.74) is 8.79. The molecule has 0 aromatic heterocycles. The van der Waals surface area contributed by atoms with E-state index in [1.54, 1.807) is 42.5 Å². The fourth-order valence-corrected chi connectivity index (χ4v) is 3.96. The Balaban J connectivity index is 1.37. The van der Waals surface area contributed by atoms with Gasteiger partial charge in [0.05, 0.1) is 5.56 Å². The number of carbonyl (C=O) groups is 3. The van der Waals surface area contributed by atoms with Gasteiger partial charge in [-0.05, 0) is 60.4 Å². The van der Waals surface area contributed by atoms with Crippen LogP contribution in [-0.2, 0) is 17.9 Å². The van der Waals surface area contributed by atoms with Crippen molar-refractivity contribution in [2.45, 2.75) is 32.4 Å². The quantitative estimate of drug-likeness (QED) is 0.537. The number of piperidine rings is 1. The Labute approximate surface area is 198 Å². The zero-order valence-corrected chi connectivity index (χ0v) is 18.8. The van der Waals surface area contributed by atoms with Crippen LogP contribution in [0.5, 0.6) is 5.75 Å². The molecule has 1 fully saturated rings. The Morgan fingerprint density at radius 3 is 2.56 bits per heavy atom. The first kappa shape index (κ1) is 23.0. The molecule has 0 unspecified atom stereocenters. The van der Waals surface area contributed by atoms with Crippen LogP contribution in [0.4, 0.5) is 5.69 Å². The topological polar surface area (TPSA) is 102 Å². The van der Waals surface area contributed by atoms with Crippen molar-refractivity contribution >= 4 is 23.4 Å². The van der Waals surface area contributed by atoms with E-state index >= 15 is 0 Å². The summed E-state index contributed by atoms with van der Waals surface area (Å²) < 4.78 is 5.76. The van der Waals surface area contributed by atoms with Crippen LogP contribution in [0.25, 0.3) is 0 Å². The van der Waals surface area contributed by atoms with Crippen molar-refractivity contribution in [2.24, 2.45) is 5.73 Å². The van der Waals surface area contributed by atoms with Crippen molar-refractivity contribution in [3.05, 3.63) is 95.1 Å². The third kappa shape index (κ3) is 5.61. The number of ether oxygens (including phenoxy) is 1. The second-order valence-corrected chi connectivity index (χ2v) is 8.20. The number of primary amides is 1. The molecule has 1 saturated heterocycles. The summed E-state index contributed by atoms with van der Waals surface area (Å²) in [6, 6.07) is 21.6. The Hall–Kier alpha value is -4.13. The molecule has 174 valence electrons. The first-order chi connectivity index (χ1) is 16.5. The zero-order valence-electron chi connectivity index (χ0n) is 18.8. The maximum atomic E-state index is 12.7. The minimum Gasteiger partial charge on any atom is -0.488 e. The van der Waals surface area contributed by atoms with E-state index in [4.69, 9.17) is 10.5 Å². The molecule has 3 amide bonds. The van der Waals surface area contributed by atoms with Crippen LogP contribution in [0.1, 0.15) is 51.1 Å². The lowest BCUT2D eigenvalue weighted by Crippen LogP contribution is -2.35. The van der Waals surface area contributed by atoms with E-state index in [9.17, 15) is 14.4 Å². The van der Waals surface area contributed by atoms with Crippen LogP contribution in [0.2, 0.25) is 0 Å². The van der Waals surface area contributed by atoms with E-state index in [0.717, 1.165) is 36.2 Å². The van der Waals surface area contributed by atoms with Crippen molar-refractivity contribution in [3.63, 3.8) is 0 Å². The Bertz CT molecular complexity index is 1210. The van der Waals surface area contributed by atoms with Crippen molar-refractivity contribution < 1.29 is 19.1 Å². The lowest BCUT2D eigenvalue weighted by molar-refractivity contribution is -0.119. The number of nitrogens with zero attached hydrogens (tertiary/aromatic N) is 1. The second-order valence-electron chi connectivity index (χ2n) is 8.20. The molecule has 0 atom stereocenters. The van der Waals surface area contributed by atoms with Gasteiger partial charge in [0.15, 0.2) is 0 Å². The number of benzene rings is 3. The second kappa shape index (κ2) is 10.7. The predicted octanol–water partition coefficient (Wildman–Crippen LogP) is 3.81. The van der Waals surface area contributed by atoms with Crippen LogP contribution >= 0.6 is 0 Å². The molecule has 34 heavy (non-hydrogen) atoms. The number of nitrogens with two attached hydrogens (primary N) is 1. The van der Waals surface area contributed by atoms with Gasteiger partial charge in [-0.1, -0.05) is 36.4 Å². The summed E-state index contributed by atoms with van der Waals surface area (Å²) in [6.07, 6.45) is 2.52. The molecule has 0 saturated carbocycles. The highest BCUT2D eigenvalue weighted by molar-refractivity contribution is 5.96. The van der Waals surface area contributed by atoms with Gasteiger partial charge in [0, 0.05) is 30.8 Å². The minimum absolute atomic E-state index is 0.143. The molecule has 0 aliphatic carbocycles. The van der Waals surface area contributed by atoms with Gasteiger partial charge >= 0.3 is 0 Å². The number of para-hydroxylation sites is 1. The molecular formula is C27H27N3O4. The number of amides is 3. The molecule has 1 aliphatic heterocycles. The van der Waals surface area contributed by atoms with Gasteiger partial charge in [-0.3, -0.25) is 14.4 Å². The third-order valence-electron chi connectivity index (χ3n) is 5.73. The fourth-order valence-electron chi connectivity index (χ4n) is 3.96. The standard InChI is InChI=1S/C27H27N3O4/c28-26(32)23-11-1-2-12-24(23)34-18-20-8-5-9-21(15-20)27(33)29-17-19-7-6-10-22(16-19)30-14-4-3-13-25(30)31/h1-2,5-12,15-16H,3-4,13-14,17-18H2,(H2,28,32)(H,29,33). The molecule has 3 aromatic carbocycles. The number of rotatable bonds is 8. The molecule has 0 spiro atoms. The van der Waals surface area contributed by atoms with E-state index in [2.05, 4.69) is 5.32 Å². The SMILES string of the molecule is NC(=O)c1ccccc1OCc1cccc(C(=O)NCc2cccc(N3CCCCC3=O)c2)c1. The molecule has 7 heteroatoms. The van der Waals surface area contributed by atoms with Gasteiger partial charge in [0.2, 0.25) is 5.91 Å². The molecule has 3 N–H and O–H groups in total. The van der Waals surface area contributed by atoms with Gasteiger partial charge in [-0.15, -0.1) is 0 Å². The Morgan fingerprint density at radius 1 is 0.941 bits per heavy atom. The maximum absolute atomic E-state index is 12.7. The molecule has 1 aliphatic rings. The molecule has 1 heterocycles. The van der Waals surface area contributed by atoms with Crippen LogP contribution < -0.4 is 20.7 Å². The van der Waals surface area contributed by atoms with Crippen molar-refractivity contribution in [1.29, 1.82) is 0 Å². The molecule has 0 radical (unpaired) electrons. The number of hydrogen-bond donors (Lipinski definition) is 2. The first-order valence-electron chi connectivity index (χ1n) is 11.3. The van der Waals surface area contributed by atoms with Crippen LogP contribution in [-0.4, -0.2) is 24.3 Å². The van der Waals surface area contributed by atoms with E-state index in [0.29, 0.717) is 29.8 Å². The summed E-state index contributed by atoms with van der Waals surface area (Å²) in [6.45, 7) is 1.27. The smallest absolute Gasteiger partial charge is 0.252 e. The summed E-state index contributed by atoms with van der Waals surface area (Å²) >= 11 is 0. The first-order valence-corrected chi connectivity index (χ1v) is 11.3. The lowest BCUT2D eigenvalue weighted by Gasteiger charge is -2.27. The van der Waals surface area contributed by atoms with Crippen LogP contribution in [0.3, 0.4) is 0 Å². The Kier molecular flexibility index (Phi) is 7.22. The highest BCUT2D eigenvalue weighted by Gasteiger charge is 2.19. The van der Waals surface area contributed by atoms with Gasteiger partial charge in [-0.25, -0.2) is 0 Å². The van der Waals surface area contributed by atoms with Crippen LogP contribution in [0.15, 0.2) is 72.8 Å². The number of anilines is 1. The monoisotopic (exact) mass is 457 g/mol. The molecule has 0 bridgehead atoms. The van der Waals surface area contributed by atoms with Crippen molar-refractivity contribution in [1.82, 2.24) is 5.32 Å². The normalized spacial score (nSPS) is 13.4. The van der Waals surface area contributed by atoms with Gasteiger partial charge < -0.3 is 20.7 Å². The minimum atomic E-state index is -0.558. The number of hydrogen-bond acceptors (Lipinski definition) is 4. The lowest BCUT2D eigenvalue weighted by atomic mass is 10.1. The molecule has 3 aromatic rings. The fraction of sp³-hybridized carbons (Fsp3) is 0.222. The van der Waals surface area contributed by atoms with Crippen LogP contribution in [0, 0.1) is 0 Å². The van der Waals surface area contributed by atoms with Crippen molar-refractivity contribution in [2.75, 3.05) is 11.4 Å². The molecule has 7 nitrogen and oxygen atoms in total. The van der Waals surface area contributed by atoms with Gasteiger partial charge in [0.25, 0.3) is 11.8 Å². The summed E-state index contributed by atoms with van der Waals surface area (Å²) in [5, 5.41) is 2.94. The zero-order chi connectivity index (χ0) is 23.9. The number of nitrogens with one attached hydrogen (secondary N) is 1. The predicted molar refractivity (Wildman–Crippen MR) is 130 cm³/mol. The average molecular weight is 458 g/mol. The maximum Gasteiger partial charge on any atom is 0.252 e. The van der Waals surface area contributed by atoms with Gasteiger partial charge in [-0.2, -0.15) is 0 Å².